The van der Waals surface area contributed by atoms with Gasteiger partial charge >= 0.3 is 5.97 Å². The molecule has 0 fully saturated rings. The number of fused-ring (bicyclic) bond motifs is 1. The number of aromatic carboxylic acids is 1. The van der Waals surface area contributed by atoms with Crippen LogP contribution in [0.25, 0.3) is 22.6 Å². The predicted octanol–water partition coefficient (Wildman–Crippen LogP) is 3.45. The zero-order valence-electron chi connectivity index (χ0n) is 14.5. The Morgan fingerprint density at radius 2 is 1.96 bits per heavy atom. The van der Waals surface area contributed by atoms with Crippen molar-refractivity contribution in [3.8, 4) is 17.3 Å². The van der Waals surface area contributed by atoms with Gasteiger partial charge in [-0.15, -0.1) is 0 Å². The zero-order chi connectivity index (χ0) is 18.8. The molecule has 0 saturated carbocycles. The van der Waals surface area contributed by atoms with Crippen LogP contribution in [0.15, 0.2) is 54.7 Å². The van der Waals surface area contributed by atoms with Crippen LogP contribution in [0, 0.1) is 12.1 Å². The Balaban J connectivity index is 1.84. The quantitative estimate of drug-likeness (QED) is 0.592. The monoisotopic (exact) mass is 357 g/mol. The first-order valence-corrected chi connectivity index (χ1v) is 8.26. The highest BCUT2D eigenvalue weighted by Crippen LogP contribution is 2.25. The van der Waals surface area contributed by atoms with Crippen molar-refractivity contribution in [2.45, 2.75) is 6.54 Å². The Hall–Kier alpha value is -3.85. The largest absolute Gasteiger partial charge is 0.497 e. The molecule has 2 aromatic carbocycles. The molecule has 6 heteroatoms. The van der Waals surface area contributed by atoms with Gasteiger partial charge < -0.3 is 14.4 Å². The first-order chi connectivity index (χ1) is 13.2. The number of rotatable bonds is 5. The molecule has 4 aromatic rings. The molecule has 0 atom stereocenters. The Kier molecular flexibility index (Phi) is 4.19. The average molecular weight is 357 g/mol. The Morgan fingerprint density at radius 3 is 2.70 bits per heavy atom. The second-order valence-corrected chi connectivity index (χ2v) is 5.95. The molecular weight excluding hydrogens is 342 g/mol. The molecule has 27 heavy (non-hydrogen) atoms. The van der Waals surface area contributed by atoms with Gasteiger partial charge in [0.2, 0.25) is 0 Å². The molecule has 0 unspecified atom stereocenters. The van der Waals surface area contributed by atoms with Gasteiger partial charge in [-0.05, 0) is 29.8 Å². The number of carboxylic acid groups (broad SMARTS) is 1. The van der Waals surface area contributed by atoms with Crippen LogP contribution in [0.2, 0.25) is 0 Å². The number of aromatic nitrogens is 3. The minimum absolute atomic E-state index is 0.168. The molecule has 1 N–H and O–H groups in total. The average Bonchev–Trinajstić information content (AvgIpc) is 3.07. The van der Waals surface area contributed by atoms with Crippen molar-refractivity contribution in [1.29, 1.82) is 0 Å². The van der Waals surface area contributed by atoms with E-state index < -0.39 is 5.97 Å². The summed E-state index contributed by atoms with van der Waals surface area (Å²) in [5, 5.41) is 9.27. The van der Waals surface area contributed by atoms with Crippen LogP contribution in [-0.2, 0) is 6.54 Å². The SMILES string of the molecule is COc1ccc(Cn2c(-c3cc(C(=O)O)ccn3)nc3cc#ccc32)cc1. The van der Waals surface area contributed by atoms with Gasteiger partial charge in [0.25, 0.3) is 0 Å². The first kappa shape index (κ1) is 16.6. The van der Waals surface area contributed by atoms with Gasteiger partial charge in [0.1, 0.15) is 11.4 Å². The summed E-state index contributed by atoms with van der Waals surface area (Å²) in [6.45, 7) is 0.548. The third-order valence-corrected chi connectivity index (χ3v) is 4.27. The van der Waals surface area contributed by atoms with Crippen LogP contribution in [0.1, 0.15) is 15.9 Å². The topological polar surface area (TPSA) is 77.2 Å². The maximum absolute atomic E-state index is 11.3. The number of hydrogen-bond acceptors (Lipinski definition) is 4. The first-order valence-electron chi connectivity index (χ1n) is 8.26. The number of benzene rings is 1. The van der Waals surface area contributed by atoms with E-state index in [0.717, 1.165) is 22.3 Å². The van der Waals surface area contributed by atoms with Crippen molar-refractivity contribution in [3.05, 3.63) is 78.0 Å². The molecule has 0 aliphatic heterocycles. The van der Waals surface area contributed by atoms with Crippen molar-refractivity contribution < 1.29 is 14.6 Å². The van der Waals surface area contributed by atoms with Crippen LogP contribution in [0.4, 0.5) is 0 Å². The number of carboxylic acids is 1. The van der Waals surface area contributed by atoms with Crippen molar-refractivity contribution in [1.82, 2.24) is 14.5 Å². The lowest BCUT2D eigenvalue weighted by molar-refractivity contribution is 0.0697. The molecule has 6 nitrogen and oxygen atoms in total. The van der Waals surface area contributed by atoms with E-state index in [2.05, 4.69) is 22.1 Å². The van der Waals surface area contributed by atoms with E-state index in [1.165, 1.54) is 18.3 Å². The molecule has 0 saturated heterocycles. The van der Waals surface area contributed by atoms with Crippen molar-refractivity contribution in [3.63, 3.8) is 0 Å². The number of imidazole rings is 1. The summed E-state index contributed by atoms with van der Waals surface area (Å²) >= 11 is 0. The van der Waals surface area contributed by atoms with E-state index >= 15 is 0 Å². The van der Waals surface area contributed by atoms with Crippen LogP contribution in [0.3, 0.4) is 0 Å². The zero-order valence-corrected chi connectivity index (χ0v) is 14.5. The summed E-state index contributed by atoms with van der Waals surface area (Å²) in [7, 11) is 1.63. The van der Waals surface area contributed by atoms with E-state index in [1.54, 1.807) is 13.2 Å². The van der Waals surface area contributed by atoms with Crippen LogP contribution >= 0.6 is 0 Å². The van der Waals surface area contributed by atoms with Crippen molar-refractivity contribution in [2.24, 2.45) is 0 Å². The van der Waals surface area contributed by atoms with Gasteiger partial charge in [-0.3, -0.25) is 4.98 Å². The molecule has 0 spiro atoms. The van der Waals surface area contributed by atoms with E-state index in [-0.39, 0.29) is 5.56 Å². The molecule has 2 heterocycles. The number of nitrogens with zero attached hydrogens (tertiary/aromatic N) is 3. The van der Waals surface area contributed by atoms with E-state index in [0.29, 0.717) is 18.1 Å². The van der Waals surface area contributed by atoms with E-state index in [4.69, 9.17) is 4.74 Å². The summed E-state index contributed by atoms with van der Waals surface area (Å²) in [6.07, 6.45) is 1.48. The smallest absolute Gasteiger partial charge is 0.335 e. The van der Waals surface area contributed by atoms with Gasteiger partial charge in [-0.25, -0.2) is 9.78 Å². The normalized spacial score (nSPS) is 10.6. The standard InChI is InChI=1S/C21H15N3O3/c1-27-16-8-6-14(7-9-16)13-24-19-5-3-2-4-17(19)23-20(24)18-12-15(21(25)26)10-11-22-18/h4-12H,13H2,1H3,(H,25,26). The number of carbonyl (C=O) groups is 1. The molecular formula is C21H15N3O3. The third kappa shape index (κ3) is 3.18. The lowest BCUT2D eigenvalue weighted by Crippen LogP contribution is -2.04. The lowest BCUT2D eigenvalue weighted by atomic mass is 10.2. The minimum atomic E-state index is -1.00. The van der Waals surface area contributed by atoms with Crippen LogP contribution in [-0.4, -0.2) is 32.7 Å². The molecule has 0 amide bonds. The van der Waals surface area contributed by atoms with Gasteiger partial charge in [-0.2, -0.15) is 0 Å². The number of hydrogen-bond donors (Lipinski definition) is 1. The summed E-state index contributed by atoms with van der Waals surface area (Å²) in [5.41, 5.74) is 3.35. The van der Waals surface area contributed by atoms with Crippen LogP contribution < -0.4 is 4.74 Å². The molecule has 0 aliphatic rings. The molecule has 132 valence electrons. The fourth-order valence-electron chi connectivity index (χ4n) is 2.92. The fourth-order valence-corrected chi connectivity index (χ4v) is 2.92. The number of pyridine rings is 1. The highest BCUT2D eigenvalue weighted by Gasteiger charge is 2.15. The molecule has 0 aliphatic carbocycles. The second kappa shape index (κ2) is 6.81. The summed E-state index contributed by atoms with van der Waals surface area (Å²) < 4.78 is 7.20. The highest BCUT2D eigenvalue weighted by atomic mass is 16.5. The van der Waals surface area contributed by atoms with Crippen LogP contribution in [0.5, 0.6) is 5.75 Å². The molecule has 0 radical (unpaired) electrons. The summed E-state index contributed by atoms with van der Waals surface area (Å²) in [4.78, 5) is 20.3. The Labute approximate surface area is 155 Å². The highest BCUT2D eigenvalue weighted by molar-refractivity contribution is 5.89. The van der Waals surface area contributed by atoms with Gasteiger partial charge in [-0.1, -0.05) is 24.3 Å². The Morgan fingerprint density at radius 1 is 1.19 bits per heavy atom. The third-order valence-electron chi connectivity index (χ3n) is 4.27. The Bertz CT molecular complexity index is 1120. The predicted molar refractivity (Wildman–Crippen MR) is 99.7 cm³/mol. The molecule has 4 rings (SSSR count). The summed E-state index contributed by atoms with van der Waals surface area (Å²) in [6, 6.07) is 20.2. The number of methoxy groups -OCH3 is 1. The second-order valence-electron chi connectivity index (χ2n) is 5.95. The maximum Gasteiger partial charge on any atom is 0.335 e. The van der Waals surface area contributed by atoms with Gasteiger partial charge in [0, 0.05) is 24.9 Å². The molecule has 2 aromatic heterocycles. The lowest BCUT2D eigenvalue weighted by Gasteiger charge is -2.10. The van der Waals surface area contributed by atoms with Crippen molar-refractivity contribution >= 4 is 17.0 Å². The van der Waals surface area contributed by atoms with Gasteiger partial charge in [0.05, 0.1) is 23.7 Å². The number of ether oxygens (including phenoxy) is 1. The van der Waals surface area contributed by atoms with E-state index in [9.17, 15) is 9.90 Å². The van der Waals surface area contributed by atoms with Gasteiger partial charge in [0.15, 0.2) is 5.82 Å². The fraction of sp³-hybridized carbons (Fsp3) is 0.0952. The van der Waals surface area contributed by atoms with Crippen molar-refractivity contribution in [2.75, 3.05) is 7.11 Å². The maximum atomic E-state index is 11.3. The van der Waals surface area contributed by atoms with E-state index in [1.807, 2.05) is 34.9 Å². The minimum Gasteiger partial charge on any atom is -0.497 e. The molecule has 0 bridgehead atoms. The summed E-state index contributed by atoms with van der Waals surface area (Å²) in [5.74, 6) is 0.378.